The minimum absolute atomic E-state index is 1.32. The summed E-state index contributed by atoms with van der Waals surface area (Å²) in [6, 6.07) is 0. The lowest BCUT2D eigenvalue weighted by Gasteiger charge is -1.94. The minimum Gasteiger partial charge on any atom is -0.327 e. The molecule has 0 aliphatic carbocycles. The Kier molecular flexibility index (Phi) is 3.56. The van der Waals surface area contributed by atoms with Crippen molar-refractivity contribution in [2.45, 2.75) is 0 Å². The first kappa shape index (κ1) is 6.60. The lowest BCUT2D eigenvalue weighted by atomic mass is 11.5. The molecule has 6 heteroatoms. The molecular formula is CH3N2O3P. The van der Waals surface area contributed by atoms with Gasteiger partial charge < -0.3 is 9.79 Å². The van der Waals surface area contributed by atoms with Crippen LogP contribution in [0.3, 0.4) is 0 Å². The summed E-state index contributed by atoms with van der Waals surface area (Å²) in [5, 5.41) is 7.62. The van der Waals surface area contributed by atoms with Gasteiger partial charge in [-0.05, 0) is 0 Å². The average molecular weight is 122 g/mol. The van der Waals surface area contributed by atoms with E-state index < -0.39 is 8.60 Å². The van der Waals surface area contributed by atoms with Crippen LogP contribution in [0.15, 0.2) is 0 Å². The highest BCUT2D eigenvalue weighted by molar-refractivity contribution is 7.39. The first-order chi connectivity index (χ1) is 3.27. The Labute approximate surface area is 41.1 Å². The number of hydrogen-bond acceptors (Lipinski definition) is 5. The van der Waals surface area contributed by atoms with Crippen molar-refractivity contribution in [3.8, 4) is 6.19 Å². The fourth-order valence-corrected chi connectivity index (χ4v) is 0.184. The molecule has 0 aromatic rings. The summed E-state index contributed by atoms with van der Waals surface area (Å²) in [7, 11) is -2.44. The lowest BCUT2D eigenvalue weighted by molar-refractivity contribution is 0.205. The van der Waals surface area contributed by atoms with Crippen LogP contribution in [0.2, 0.25) is 0 Å². The van der Waals surface area contributed by atoms with Crippen LogP contribution in [0, 0.1) is 11.5 Å². The zero-order valence-corrected chi connectivity index (χ0v) is 4.09. The van der Waals surface area contributed by atoms with Gasteiger partial charge in [0.1, 0.15) is 0 Å². The van der Waals surface area contributed by atoms with Crippen molar-refractivity contribution in [2.75, 3.05) is 0 Å². The van der Waals surface area contributed by atoms with Gasteiger partial charge in [-0.3, -0.25) is 0 Å². The summed E-state index contributed by atoms with van der Waals surface area (Å²) in [5.74, 6) is 0. The summed E-state index contributed by atoms with van der Waals surface area (Å²) in [6.45, 7) is 0. The maximum atomic E-state index is 7.87. The summed E-state index contributed by atoms with van der Waals surface area (Å²) in [5.41, 5.74) is 1.58. The van der Waals surface area contributed by atoms with Crippen LogP contribution < -0.4 is 5.48 Å². The molecule has 0 aromatic heterocycles. The Morgan fingerprint density at radius 1 is 1.71 bits per heavy atom. The topological polar surface area (TPSA) is 85.5 Å². The molecule has 0 spiro atoms. The smallest absolute Gasteiger partial charge is 0.327 e. The van der Waals surface area contributed by atoms with Gasteiger partial charge in [0, 0.05) is 0 Å². The molecule has 0 fully saturated rings. The molecular weight excluding hydrogens is 119 g/mol. The van der Waals surface area contributed by atoms with Crippen molar-refractivity contribution in [2.24, 2.45) is 0 Å². The number of rotatable bonds is 2. The van der Waals surface area contributed by atoms with E-state index in [1.54, 1.807) is 5.48 Å². The molecule has 0 unspecified atom stereocenters. The monoisotopic (exact) mass is 122 g/mol. The molecule has 0 saturated heterocycles. The molecule has 40 valence electrons. The predicted octanol–water partition coefficient (Wildman–Crippen LogP) is -0.800. The van der Waals surface area contributed by atoms with E-state index in [0.29, 0.717) is 0 Å². The first-order valence-corrected chi connectivity index (χ1v) is 2.43. The van der Waals surface area contributed by atoms with Gasteiger partial charge in [0.2, 0.25) is 6.19 Å². The Hall–Kier alpha value is -0.400. The lowest BCUT2D eigenvalue weighted by Crippen LogP contribution is -2.00. The molecule has 0 aromatic carbocycles. The number of hydroxylamine groups is 1. The van der Waals surface area contributed by atoms with E-state index in [1.165, 1.54) is 6.19 Å². The molecule has 3 N–H and O–H groups in total. The summed E-state index contributed by atoms with van der Waals surface area (Å²) >= 11 is 0. The Bertz CT molecular complexity index is 77.5. The Morgan fingerprint density at radius 2 is 2.29 bits per heavy atom. The highest BCUT2D eigenvalue weighted by atomic mass is 31.2. The molecule has 0 bridgehead atoms. The molecule has 0 atom stereocenters. The van der Waals surface area contributed by atoms with Crippen molar-refractivity contribution >= 4 is 8.60 Å². The second kappa shape index (κ2) is 3.78. The van der Waals surface area contributed by atoms with Gasteiger partial charge in [0.25, 0.3) is 0 Å². The predicted molar refractivity (Wildman–Crippen MR) is 21.2 cm³/mol. The molecule has 0 aliphatic heterocycles. The van der Waals surface area contributed by atoms with Crippen molar-refractivity contribution in [1.82, 2.24) is 5.48 Å². The zero-order valence-electron chi connectivity index (χ0n) is 3.20. The third kappa shape index (κ3) is 5.60. The van der Waals surface area contributed by atoms with Gasteiger partial charge in [0.15, 0.2) is 0 Å². The zero-order chi connectivity index (χ0) is 5.70. The Balaban J connectivity index is 2.86. The number of hydrogen-bond donors (Lipinski definition) is 3. The third-order valence-corrected chi connectivity index (χ3v) is 0.428. The molecule has 0 heterocycles. The molecule has 5 nitrogen and oxygen atoms in total. The van der Waals surface area contributed by atoms with E-state index >= 15 is 0 Å². The van der Waals surface area contributed by atoms with Crippen LogP contribution in [-0.4, -0.2) is 9.79 Å². The number of nitrogens with one attached hydrogen (secondary N) is 1. The van der Waals surface area contributed by atoms with Gasteiger partial charge >= 0.3 is 8.60 Å². The van der Waals surface area contributed by atoms with Crippen molar-refractivity contribution in [1.29, 1.82) is 5.26 Å². The largest absolute Gasteiger partial charge is 0.351 e. The Morgan fingerprint density at radius 3 is 2.43 bits per heavy atom. The highest BCUT2D eigenvalue weighted by Crippen LogP contribution is 2.20. The third-order valence-electron chi connectivity index (χ3n) is 0.173. The quantitative estimate of drug-likeness (QED) is 0.193. The minimum atomic E-state index is -2.44. The molecule has 0 radical (unpaired) electrons. The van der Waals surface area contributed by atoms with Crippen molar-refractivity contribution < 1.29 is 14.4 Å². The van der Waals surface area contributed by atoms with Gasteiger partial charge in [-0.2, -0.15) is 15.4 Å². The van der Waals surface area contributed by atoms with E-state index in [-0.39, 0.29) is 0 Å². The van der Waals surface area contributed by atoms with E-state index in [1.807, 2.05) is 0 Å². The second-order valence-electron chi connectivity index (χ2n) is 0.558. The van der Waals surface area contributed by atoms with Crippen LogP contribution in [-0.2, 0) is 4.62 Å². The van der Waals surface area contributed by atoms with Crippen molar-refractivity contribution in [3.05, 3.63) is 0 Å². The highest BCUT2D eigenvalue weighted by Gasteiger charge is 1.93. The van der Waals surface area contributed by atoms with Gasteiger partial charge in [0.05, 0.1) is 0 Å². The fraction of sp³-hybridized carbons (Fsp3) is 0. The van der Waals surface area contributed by atoms with Gasteiger partial charge in [-0.15, -0.1) is 0 Å². The van der Waals surface area contributed by atoms with Crippen LogP contribution in [0.4, 0.5) is 0 Å². The van der Waals surface area contributed by atoms with Crippen LogP contribution in [0.1, 0.15) is 0 Å². The van der Waals surface area contributed by atoms with E-state index in [0.717, 1.165) is 0 Å². The average Bonchev–Trinajstić information content (AvgIpc) is 1.61. The summed E-state index contributed by atoms with van der Waals surface area (Å²) in [6.07, 6.45) is 1.32. The molecule has 0 rings (SSSR count). The normalized spacial score (nSPS) is 8.29. The van der Waals surface area contributed by atoms with E-state index in [9.17, 15) is 0 Å². The number of nitrogens with zero attached hydrogens (tertiary/aromatic N) is 1. The van der Waals surface area contributed by atoms with Crippen molar-refractivity contribution in [3.63, 3.8) is 0 Å². The summed E-state index contributed by atoms with van der Waals surface area (Å²) in [4.78, 5) is 15.7. The fourth-order valence-electron chi connectivity index (χ4n) is 0.0612. The van der Waals surface area contributed by atoms with Gasteiger partial charge in [-0.25, -0.2) is 0 Å². The SMILES string of the molecule is N#CNOP(O)O. The van der Waals surface area contributed by atoms with E-state index in [2.05, 4.69) is 4.62 Å². The molecule has 0 saturated carbocycles. The maximum Gasteiger partial charge on any atom is 0.351 e. The van der Waals surface area contributed by atoms with Crippen LogP contribution in [0.5, 0.6) is 0 Å². The van der Waals surface area contributed by atoms with Crippen LogP contribution in [0.25, 0.3) is 0 Å². The van der Waals surface area contributed by atoms with Gasteiger partial charge in [-0.1, -0.05) is 0 Å². The second-order valence-corrected chi connectivity index (χ2v) is 1.25. The molecule has 0 amide bonds. The number of nitriles is 1. The summed E-state index contributed by atoms with van der Waals surface area (Å²) < 4.78 is 3.76. The van der Waals surface area contributed by atoms with Crippen LogP contribution >= 0.6 is 8.60 Å². The maximum absolute atomic E-state index is 7.87. The molecule has 0 aliphatic rings. The van der Waals surface area contributed by atoms with E-state index in [4.69, 9.17) is 15.0 Å². The first-order valence-electron chi connectivity index (χ1n) is 1.26. The standard InChI is InChI=1S/CH3N2O3P/c2-1-3-6-7(4)5/h3-5H. The molecule has 7 heavy (non-hydrogen) atoms.